The van der Waals surface area contributed by atoms with E-state index in [4.69, 9.17) is 11.5 Å². The van der Waals surface area contributed by atoms with Gasteiger partial charge in [0, 0.05) is 38.3 Å². The van der Waals surface area contributed by atoms with Crippen LogP contribution >= 0.6 is 0 Å². The second kappa shape index (κ2) is 12.0. The fourth-order valence-electron chi connectivity index (χ4n) is 4.47. The van der Waals surface area contributed by atoms with E-state index in [1.807, 2.05) is 12.1 Å². The van der Waals surface area contributed by atoms with Crippen LogP contribution in [-0.2, 0) is 0 Å². The summed E-state index contributed by atoms with van der Waals surface area (Å²) < 4.78 is 0. The highest BCUT2D eigenvalue weighted by molar-refractivity contribution is 5.95. The lowest BCUT2D eigenvalue weighted by Gasteiger charge is -2.28. The Morgan fingerprint density at radius 3 is 2.33 bits per heavy atom. The minimum Gasteiger partial charge on any atom is -0.366 e. The van der Waals surface area contributed by atoms with Crippen molar-refractivity contribution >= 4 is 23.5 Å². The van der Waals surface area contributed by atoms with Crippen LogP contribution < -0.4 is 21.7 Å². The smallest absolute Gasteiger partial charge is 0.271 e. The lowest BCUT2D eigenvalue weighted by molar-refractivity contribution is 0.0989. The number of hydrogen-bond acceptors (Lipinski definition) is 7. The Labute approximate surface area is 213 Å². The molecule has 5 rings (SSSR count). The average Bonchev–Trinajstić information content (AvgIpc) is 3.75. The number of nitrogens with one attached hydrogen (secondary N) is 1. The first kappa shape index (κ1) is 25.6. The molecule has 0 atom stereocenters. The molecule has 192 valence electrons. The number of aromatic nitrogens is 2. The number of likely N-dealkylation sites (N-methyl/N-ethyl adjacent to an activating group) is 1. The normalized spacial score (nSPS) is 18.0. The SMILES string of the molecule is CN1CC=C(CNc2nc(N3CCCCC3)cnc2C(N)=O)CC1.NC(=O)c1ccc(C2CC2)cc1. The number of primary amides is 2. The molecule has 1 aromatic carbocycles. The molecular formula is C27H37N7O2. The van der Waals surface area contributed by atoms with Gasteiger partial charge in [0.15, 0.2) is 11.5 Å². The van der Waals surface area contributed by atoms with Crippen LogP contribution in [0.5, 0.6) is 0 Å². The van der Waals surface area contributed by atoms with Crippen molar-refractivity contribution in [3.63, 3.8) is 0 Å². The Hall–Kier alpha value is -3.46. The Bertz CT molecular complexity index is 1090. The second-order valence-corrected chi connectivity index (χ2v) is 9.83. The topological polar surface area (TPSA) is 130 Å². The summed E-state index contributed by atoms with van der Waals surface area (Å²) in [6.45, 7) is 4.66. The van der Waals surface area contributed by atoms with E-state index in [9.17, 15) is 9.59 Å². The highest BCUT2D eigenvalue weighted by atomic mass is 16.1. The molecule has 2 fully saturated rings. The van der Waals surface area contributed by atoms with Crippen LogP contribution in [0.15, 0.2) is 42.1 Å². The quantitative estimate of drug-likeness (QED) is 0.508. The van der Waals surface area contributed by atoms with Gasteiger partial charge in [-0.05, 0) is 69.2 Å². The van der Waals surface area contributed by atoms with E-state index in [0.29, 0.717) is 17.9 Å². The van der Waals surface area contributed by atoms with Crippen LogP contribution in [0.1, 0.15) is 70.9 Å². The molecule has 2 aromatic rings. The standard InChI is InChI=1S/C17H26N6O.C10H11NO/c1-22-9-5-13(6-10-22)11-20-17-15(16(18)24)19-12-14(21-17)23-7-3-2-4-8-23;11-10(12)9-5-3-8(4-6-9)7-1-2-7/h5,12H,2-4,6-11H2,1H3,(H2,18,24)(H,20,21);3-7H,1-2H2,(H2,11,12). The van der Waals surface area contributed by atoms with Gasteiger partial charge >= 0.3 is 0 Å². The maximum Gasteiger partial charge on any atom is 0.271 e. The fourth-order valence-corrected chi connectivity index (χ4v) is 4.47. The molecule has 2 aliphatic heterocycles. The predicted octanol–water partition coefficient (Wildman–Crippen LogP) is 2.90. The zero-order chi connectivity index (χ0) is 25.5. The number of nitrogens with two attached hydrogens (primary N) is 2. The maximum atomic E-state index is 11.6. The van der Waals surface area contributed by atoms with E-state index < -0.39 is 5.91 Å². The van der Waals surface area contributed by atoms with Gasteiger partial charge in [-0.2, -0.15) is 0 Å². The summed E-state index contributed by atoms with van der Waals surface area (Å²) in [6.07, 6.45) is 11.1. The molecule has 0 spiro atoms. The van der Waals surface area contributed by atoms with Crippen molar-refractivity contribution in [1.82, 2.24) is 14.9 Å². The van der Waals surface area contributed by atoms with Crippen LogP contribution in [-0.4, -0.2) is 66.5 Å². The Morgan fingerprint density at radius 1 is 1.03 bits per heavy atom. The van der Waals surface area contributed by atoms with Gasteiger partial charge in [-0.1, -0.05) is 23.8 Å². The van der Waals surface area contributed by atoms with Gasteiger partial charge in [-0.15, -0.1) is 0 Å². The molecule has 3 aliphatic rings. The van der Waals surface area contributed by atoms with Crippen molar-refractivity contribution in [1.29, 1.82) is 0 Å². The first-order valence-electron chi connectivity index (χ1n) is 12.8. The number of benzene rings is 1. The molecule has 1 saturated heterocycles. The second-order valence-electron chi connectivity index (χ2n) is 9.83. The highest BCUT2D eigenvalue weighted by Crippen LogP contribution is 2.39. The number of carbonyl (C=O) groups excluding carboxylic acids is 2. The third-order valence-electron chi connectivity index (χ3n) is 6.91. The minimum absolute atomic E-state index is 0.212. The maximum absolute atomic E-state index is 11.6. The molecule has 0 radical (unpaired) electrons. The number of anilines is 2. The number of hydrogen-bond donors (Lipinski definition) is 3. The predicted molar refractivity (Wildman–Crippen MR) is 142 cm³/mol. The summed E-state index contributed by atoms with van der Waals surface area (Å²) in [6, 6.07) is 7.60. The third-order valence-corrected chi connectivity index (χ3v) is 6.91. The molecule has 36 heavy (non-hydrogen) atoms. The molecule has 1 aliphatic carbocycles. The number of amides is 2. The summed E-state index contributed by atoms with van der Waals surface area (Å²) in [5.41, 5.74) is 14.0. The van der Waals surface area contributed by atoms with Crippen molar-refractivity contribution < 1.29 is 9.59 Å². The van der Waals surface area contributed by atoms with E-state index in [0.717, 1.165) is 44.3 Å². The van der Waals surface area contributed by atoms with Crippen LogP contribution in [0.4, 0.5) is 11.6 Å². The molecule has 1 saturated carbocycles. The van der Waals surface area contributed by atoms with E-state index >= 15 is 0 Å². The zero-order valence-corrected chi connectivity index (χ0v) is 21.1. The van der Waals surface area contributed by atoms with E-state index in [1.165, 1.54) is 43.2 Å². The Kier molecular flexibility index (Phi) is 8.53. The van der Waals surface area contributed by atoms with Crippen molar-refractivity contribution in [2.45, 2.75) is 44.4 Å². The van der Waals surface area contributed by atoms with Crippen LogP contribution in [0.2, 0.25) is 0 Å². The van der Waals surface area contributed by atoms with Crippen LogP contribution in [0.3, 0.4) is 0 Å². The molecule has 5 N–H and O–H groups in total. The summed E-state index contributed by atoms with van der Waals surface area (Å²) in [7, 11) is 2.11. The van der Waals surface area contributed by atoms with Crippen LogP contribution in [0.25, 0.3) is 0 Å². The van der Waals surface area contributed by atoms with Crippen molar-refractivity contribution in [2.75, 3.05) is 50.0 Å². The number of rotatable bonds is 7. The monoisotopic (exact) mass is 491 g/mol. The molecule has 0 bridgehead atoms. The van der Waals surface area contributed by atoms with Gasteiger partial charge in [0.1, 0.15) is 5.82 Å². The van der Waals surface area contributed by atoms with Gasteiger partial charge in [0.2, 0.25) is 5.91 Å². The van der Waals surface area contributed by atoms with Gasteiger partial charge < -0.3 is 26.6 Å². The summed E-state index contributed by atoms with van der Waals surface area (Å²) in [4.78, 5) is 35.8. The summed E-state index contributed by atoms with van der Waals surface area (Å²) in [5.74, 6) is 1.15. The fraction of sp³-hybridized carbons (Fsp3) is 0.481. The molecule has 3 heterocycles. The molecular weight excluding hydrogens is 454 g/mol. The lowest BCUT2D eigenvalue weighted by Crippen LogP contribution is -2.31. The van der Waals surface area contributed by atoms with Gasteiger partial charge in [-0.25, -0.2) is 9.97 Å². The van der Waals surface area contributed by atoms with Gasteiger partial charge in [0.25, 0.3) is 5.91 Å². The van der Waals surface area contributed by atoms with Gasteiger partial charge in [-0.3, -0.25) is 9.59 Å². The van der Waals surface area contributed by atoms with Gasteiger partial charge in [0.05, 0.1) is 6.20 Å². The summed E-state index contributed by atoms with van der Waals surface area (Å²) in [5, 5.41) is 3.27. The van der Waals surface area contributed by atoms with E-state index in [-0.39, 0.29) is 11.6 Å². The van der Waals surface area contributed by atoms with Crippen molar-refractivity contribution in [2.24, 2.45) is 11.5 Å². The average molecular weight is 492 g/mol. The van der Waals surface area contributed by atoms with Crippen molar-refractivity contribution in [3.05, 3.63) is 58.9 Å². The largest absolute Gasteiger partial charge is 0.366 e. The first-order chi connectivity index (χ1) is 17.4. The lowest BCUT2D eigenvalue weighted by atomic mass is 10.1. The Balaban J connectivity index is 0.000000211. The highest BCUT2D eigenvalue weighted by Gasteiger charge is 2.23. The van der Waals surface area contributed by atoms with E-state index in [2.05, 4.69) is 38.2 Å². The molecule has 1 aromatic heterocycles. The number of nitrogens with zero attached hydrogens (tertiary/aromatic N) is 4. The van der Waals surface area contributed by atoms with Crippen molar-refractivity contribution in [3.8, 4) is 0 Å². The molecule has 9 heteroatoms. The summed E-state index contributed by atoms with van der Waals surface area (Å²) >= 11 is 0. The van der Waals surface area contributed by atoms with Crippen LogP contribution in [0, 0.1) is 0 Å². The third kappa shape index (κ3) is 7.04. The number of carbonyl (C=O) groups is 2. The zero-order valence-electron chi connectivity index (χ0n) is 21.1. The Morgan fingerprint density at radius 2 is 1.75 bits per heavy atom. The number of piperidine rings is 1. The molecule has 0 unspecified atom stereocenters. The first-order valence-corrected chi connectivity index (χ1v) is 12.8. The molecule has 9 nitrogen and oxygen atoms in total. The van der Waals surface area contributed by atoms with E-state index in [1.54, 1.807) is 18.3 Å². The molecule has 2 amide bonds. The minimum atomic E-state index is -0.549.